The molecule has 5 rings (SSSR count). The van der Waals surface area contributed by atoms with E-state index in [-0.39, 0.29) is 17.7 Å². The van der Waals surface area contributed by atoms with Crippen molar-refractivity contribution in [3.8, 4) is 0 Å². The Bertz CT molecular complexity index is 1120. The fourth-order valence-corrected chi connectivity index (χ4v) is 4.18. The molecule has 2 aromatic heterocycles. The quantitative estimate of drug-likeness (QED) is 0.566. The first-order valence-corrected chi connectivity index (χ1v) is 9.45. The van der Waals surface area contributed by atoms with Crippen LogP contribution in [0.3, 0.4) is 0 Å². The number of likely N-dealkylation sites (tertiary alicyclic amines) is 1. The van der Waals surface area contributed by atoms with Gasteiger partial charge in [-0.2, -0.15) is 4.98 Å². The molecule has 0 aliphatic carbocycles. The van der Waals surface area contributed by atoms with Crippen LogP contribution in [0.15, 0.2) is 65.5 Å². The number of aromatic amines is 1. The van der Waals surface area contributed by atoms with Crippen LogP contribution in [0.2, 0.25) is 5.02 Å². The lowest BCUT2D eigenvalue weighted by Gasteiger charge is -2.16. The Hall–Kier alpha value is -3.12. The number of aromatic nitrogens is 3. The first kappa shape index (κ1) is 17.0. The van der Waals surface area contributed by atoms with Gasteiger partial charge in [0, 0.05) is 40.9 Å². The van der Waals surface area contributed by atoms with E-state index >= 15 is 0 Å². The summed E-state index contributed by atoms with van der Waals surface area (Å²) in [4.78, 5) is 22.5. The highest BCUT2D eigenvalue weighted by atomic mass is 35.5. The number of amides is 1. The average molecular weight is 393 g/mol. The SMILES string of the molecule is O=C(c1cc2cc(Cl)ccc2[nH]1)N1C[C@H](c2ccccc2)[C@H](c2ncon2)C1. The highest BCUT2D eigenvalue weighted by Crippen LogP contribution is 2.39. The van der Waals surface area contributed by atoms with E-state index in [2.05, 4.69) is 27.3 Å². The molecule has 6 nitrogen and oxygen atoms in total. The summed E-state index contributed by atoms with van der Waals surface area (Å²) in [5.41, 5.74) is 2.61. The van der Waals surface area contributed by atoms with Crippen LogP contribution >= 0.6 is 11.6 Å². The Balaban J connectivity index is 1.47. The summed E-state index contributed by atoms with van der Waals surface area (Å²) in [5, 5.41) is 5.61. The van der Waals surface area contributed by atoms with Crippen LogP contribution in [0.25, 0.3) is 10.9 Å². The van der Waals surface area contributed by atoms with Crippen LogP contribution in [-0.4, -0.2) is 39.0 Å². The van der Waals surface area contributed by atoms with Crippen molar-refractivity contribution in [1.82, 2.24) is 20.0 Å². The van der Waals surface area contributed by atoms with Gasteiger partial charge in [0.05, 0.1) is 0 Å². The molecule has 28 heavy (non-hydrogen) atoms. The molecule has 0 saturated carbocycles. The minimum atomic E-state index is -0.0424. The van der Waals surface area contributed by atoms with Gasteiger partial charge in [-0.3, -0.25) is 4.79 Å². The Labute approximate surface area is 166 Å². The fourth-order valence-electron chi connectivity index (χ4n) is 4.00. The highest BCUT2D eigenvalue weighted by molar-refractivity contribution is 6.31. The number of hydrogen-bond acceptors (Lipinski definition) is 4. The monoisotopic (exact) mass is 392 g/mol. The van der Waals surface area contributed by atoms with Gasteiger partial charge in [0.15, 0.2) is 5.82 Å². The molecule has 0 unspecified atom stereocenters. The van der Waals surface area contributed by atoms with Crippen molar-refractivity contribution >= 4 is 28.4 Å². The Morgan fingerprint density at radius 2 is 1.93 bits per heavy atom. The van der Waals surface area contributed by atoms with E-state index in [9.17, 15) is 4.79 Å². The number of carbonyl (C=O) groups is 1. The van der Waals surface area contributed by atoms with Crippen molar-refractivity contribution in [3.63, 3.8) is 0 Å². The number of halogens is 1. The van der Waals surface area contributed by atoms with E-state index in [4.69, 9.17) is 16.1 Å². The number of H-pyrrole nitrogens is 1. The summed E-state index contributed by atoms with van der Waals surface area (Å²) >= 11 is 6.07. The predicted octanol–water partition coefficient (Wildman–Crippen LogP) is 4.23. The molecule has 7 heteroatoms. The second-order valence-corrected chi connectivity index (χ2v) is 7.47. The molecule has 1 fully saturated rings. The van der Waals surface area contributed by atoms with Crippen LogP contribution in [-0.2, 0) is 0 Å². The standard InChI is InChI=1S/C21H17ClN4O2/c22-15-6-7-18-14(8-15)9-19(24-18)21(27)26-10-16(13-4-2-1-3-5-13)17(11-26)20-23-12-28-25-20/h1-9,12,16-17,24H,10-11H2/t16-,17-/m1/s1. The molecule has 2 aromatic carbocycles. The molecule has 3 heterocycles. The van der Waals surface area contributed by atoms with Crippen molar-refractivity contribution in [1.29, 1.82) is 0 Å². The number of fused-ring (bicyclic) bond motifs is 1. The molecule has 0 spiro atoms. The van der Waals surface area contributed by atoms with E-state index in [1.807, 2.05) is 47.4 Å². The number of nitrogens with one attached hydrogen (secondary N) is 1. The fraction of sp³-hybridized carbons (Fsp3) is 0.190. The van der Waals surface area contributed by atoms with Crippen molar-refractivity contribution < 1.29 is 9.32 Å². The number of hydrogen-bond donors (Lipinski definition) is 1. The second-order valence-electron chi connectivity index (χ2n) is 7.04. The Morgan fingerprint density at radius 3 is 2.71 bits per heavy atom. The summed E-state index contributed by atoms with van der Waals surface area (Å²) in [6, 6.07) is 17.6. The summed E-state index contributed by atoms with van der Waals surface area (Å²) in [6.07, 6.45) is 1.34. The van der Waals surface area contributed by atoms with Gasteiger partial charge in [0.2, 0.25) is 6.39 Å². The molecule has 0 bridgehead atoms. The van der Waals surface area contributed by atoms with Gasteiger partial charge in [0.1, 0.15) is 5.69 Å². The average Bonchev–Trinajstić information content (AvgIpc) is 3.46. The molecule has 1 amide bonds. The number of carbonyl (C=O) groups excluding carboxylic acids is 1. The molecule has 140 valence electrons. The lowest BCUT2D eigenvalue weighted by molar-refractivity contribution is 0.0784. The number of benzene rings is 2. The number of nitrogens with zero attached hydrogens (tertiary/aromatic N) is 3. The lowest BCUT2D eigenvalue weighted by atomic mass is 9.88. The normalized spacial score (nSPS) is 19.4. The summed E-state index contributed by atoms with van der Waals surface area (Å²) in [7, 11) is 0. The van der Waals surface area contributed by atoms with Crippen molar-refractivity contribution in [3.05, 3.63) is 83.1 Å². The first-order chi connectivity index (χ1) is 13.7. The molecule has 4 aromatic rings. The van der Waals surface area contributed by atoms with Crippen molar-refractivity contribution in [2.24, 2.45) is 0 Å². The zero-order valence-corrected chi connectivity index (χ0v) is 15.6. The molecule has 1 aliphatic heterocycles. The summed E-state index contributed by atoms with van der Waals surface area (Å²) < 4.78 is 4.96. The zero-order chi connectivity index (χ0) is 19.1. The third-order valence-electron chi connectivity index (χ3n) is 5.36. The molecule has 2 atom stereocenters. The van der Waals surface area contributed by atoms with Crippen LogP contribution in [0.4, 0.5) is 0 Å². The van der Waals surface area contributed by atoms with E-state index in [1.165, 1.54) is 6.39 Å². The maximum atomic E-state index is 13.2. The first-order valence-electron chi connectivity index (χ1n) is 9.08. The van der Waals surface area contributed by atoms with E-state index < -0.39 is 0 Å². The highest BCUT2D eigenvalue weighted by Gasteiger charge is 2.39. The largest absolute Gasteiger partial charge is 0.351 e. The molecule has 0 radical (unpaired) electrons. The Morgan fingerprint density at radius 1 is 1.11 bits per heavy atom. The van der Waals surface area contributed by atoms with Gasteiger partial charge in [-0.1, -0.05) is 47.1 Å². The van der Waals surface area contributed by atoms with E-state index in [1.54, 1.807) is 0 Å². The van der Waals surface area contributed by atoms with Crippen LogP contribution in [0.1, 0.15) is 33.7 Å². The van der Waals surface area contributed by atoms with Gasteiger partial charge >= 0.3 is 0 Å². The molecular formula is C21H17ClN4O2. The minimum Gasteiger partial charge on any atom is -0.351 e. The van der Waals surface area contributed by atoms with Crippen molar-refractivity contribution in [2.75, 3.05) is 13.1 Å². The lowest BCUT2D eigenvalue weighted by Crippen LogP contribution is -2.29. The van der Waals surface area contributed by atoms with Crippen LogP contribution in [0.5, 0.6) is 0 Å². The summed E-state index contributed by atoms with van der Waals surface area (Å²) in [6.45, 7) is 1.13. The molecule has 1 aliphatic rings. The van der Waals surface area contributed by atoms with Gasteiger partial charge in [0.25, 0.3) is 5.91 Å². The van der Waals surface area contributed by atoms with Crippen LogP contribution in [0, 0.1) is 0 Å². The van der Waals surface area contributed by atoms with Crippen LogP contribution < -0.4 is 0 Å². The third-order valence-corrected chi connectivity index (χ3v) is 5.59. The van der Waals surface area contributed by atoms with E-state index in [0.717, 1.165) is 16.5 Å². The van der Waals surface area contributed by atoms with Gasteiger partial charge in [-0.05, 0) is 29.8 Å². The number of rotatable bonds is 3. The maximum absolute atomic E-state index is 13.2. The Kier molecular flexibility index (Phi) is 4.13. The second kappa shape index (κ2) is 6.80. The smallest absolute Gasteiger partial charge is 0.270 e. The third kappa shape index (κ3) is 2.96. The van der Waals surface area contributed by atoms with Gasteiger partial charge in [-0.25, -0.2) is 0 Å². The maximum Gasteiger partial charge on any atom is 0.270 e. The van der Waals surface area contributed by atoms with Gasteiger partial charge < -0.3 is 14.4 Å². The minimum absolute atomic E-state index is 0.0103. The molecule has 1 saturated heterocycles. The zero-order valence-electron chi connectivity index (χ0n) is 14.9. The van der Waals surface area contributed by atoms with E-state index in [0.29, 0.717) is 29.6 Å². The van der Waals surface area contributed by atoms with Gasteiger partial charge in [-0.15, -0.1) is 0 Å². The topological polar surface area (TPSA) is 75.0 Å². The summed E-state index contributed by atoms with van der Waals surface area (Å²) in [5.74, 6) is 0.692. The predicted molar refractivity (Wildman–Crippen MR) is 105 cm³/mol. The molecule has 1 N–H and O–H groups in total. The van der Waals surface area contributed by atoms with Crippen molar-refractivity contribution in [2.45, 2.75) is 11.8 Å². The molecular weight excluding hydrogens is 376 g/mol.